The van der Waals surface area contributed by atoms with Crippen LogP contribution in [0, 0.1) is 5.82 Å². The van der Waals surface area contributed by atoms with Crippen LogP contribution < -0.4 is 0 Å². The number of halogens is 2. The van der Waals surface area contributed by atoms with E-state index >= 15 is 0 Å². The van der Waals surface area contributed by atoms with E-state index in [9.17, 15) is 8.60 Å². The van der Waals surface area contributed by atoms with Gasteiger partial charge < -0.3 is 0 Å². The first kappa shape index (κ1) is 13.5. The van der Waals surface area contributed by atoms with Crippen molar-refractivity contribution >= 4 is 33.1 Å². The van der Waals surface area contributed by atoms with E-state index in [1.807, 2.05) is 20.8 Å². The van der Waals surface area contributed by atoms with Crippen molar-refractivity contribution < 1.29 is 8.60 Å². The molecule has 5 heteroatoms. The van der Waals surface area contributed by atoms with Crippen LogP contribution >= 0.6 is 15.9 Å². The van der Waals surface area contributed by atoms with Crippen molar-refractivity contribution in [2.45, 2.75) is 25.5 Å². The van der Waals surface area contributed by atoms with Crippen molar-refractivity contribution in [3.05, 3.63) is 34.1 Å². The van der Waals surface area contributed by atoms with Crippen LogP contribution in [0.1, 0.15) is 26.3 Å². The molecule has 0 aliphatic rings. The van der Waals surface area contributed by atoms with E-state index in [2.05, 4.69) is 20.3 Å². The van der Waals surface area contributed by atoms with Crippen LogP contribution in [0.5, 0.6) is 0 Å². The second-order valence-electron chi connectivity index (χ2n) is 4.23. The zero-order valence-electron chi connectivity index (χ0n) is 9.33. The standard InChI is InChI=1S/C11H13BrFNOS/c1-11(2,3)16(15)14-7-8-9(12)5-4-6-10(8)13/h4-7H,1-3H3/b14-7+/t16-/m1/s1. The maximum absolute atomic E-state index is 13.4. The Hall–Kier alpha value is -0.550. The highest BCUT2D eigenvalue weighted by atomic mass is 79.9. The normalized spacial score (nSPS) is 14.3. The first-order valence-electron chi connectivity index (χ1n) is 4.72. The molecule has 0 spiro atoms. The summed E-state index contributed by atoms with van der Waals surface area (Å²) in [6.45, 7) is 5.45. The van der Waals surface area contributed by atoms with E-state index in [0.717, 1.165) is 0 Å². The van der Waals surface area contributed by atoms with Gasteiger partial charge in [0, 0.05) is 16.3 Å². The second-order valence-corrected chi connectivity index (χ2v) is 7.02. The predicted molar refractivity (Wildman–Crippen MR) is 69.6 cm³/mol. The van der Waals surface area contributed by atoms with Gasteiger partial charge in [0.15, 0.2) is 0 Å². The first-order valence-corrected chi connectivity index (χ1v) is 6.62. The Morgan fingerprint density at radius 2 is 2.06 bits per heavy atom. The molecule has 0 amide bonds. The van der Waals surface area contributed by atoms with Gasteiger partial charge in [0.25, 0.3) is 0 Å². The van der Waals surface area contributed by atoms with Gasteiger partial charge in [-0.25, -0.2) is 8.60 Å². The molecule has 1 aromatic rings. The van der Waals surface area contributed by atoms with Gasteiger partial charge in [0.2, 0.25) is 0 Å². The zero-order chi connectivity index (χ0) is 12.3. The van der Waals surface area contributed by atoms with Crippen LogP contribution in [0.2, 0.25) is 0 Å². The average molecular weight is 306 g/mol. The predicted octanol–water partition coefficient (Wildman–Crippen LogP) is 3.47. The van der Waals surface area contributed by atoms with Gasteiger partial charge in [-0.2, -0.15) is 4.40 Å². The quantitative estimate of drug-likeness (QED) is 0.769. The van der Waals surface area contributed by atoms with Crippen LogP contribution in [0.15, 0.2) is 27.1 Å². The highest BCUT2D eigenvalue weighted by Crippen LogP contribution is 2.18. The van der Waals surface area contributed by atoms with E-state index in [4.69, 9.17) is 0 Å². The topological polar surface area (TPSA) is 29.4 Å². The molecule has 0 radical (unpaired) electrons. The van der Waals surface area contributed by atoms with E-state index in [1.165, 1.54) is 12.3 Å². The first-order chi connectivity index (χ1) is 7.32. The van der Waals surface area contributed by atoms with Gasteiger partial charge in [-0.1, -0.05) is 22.0 Å². The third-order valence-corrected chi connectivity index (χ3v) is 3.84. The highest BCUT2D eigenvalue weighted by molar-refractivity contribution is 9.10. The summed E-state index contributed by atoms with van der Waals surface area (Å²) in [5.41, 5.74) is 0.320. The Balaban J connectivity index is 2.98. The van der Waals surface area contributed by atoms with E-state index in [-0.39, 0.29) is 5.82 Å². The molecule has 1 rings (SSSR count). The fourth-order valence-corrected chi connectivity index (χ4v) is 1.85. The Morgan fingerprint density at radius 3 is 2.56 bits per heavy atom. The van der Waals surface area contributed by atoms with Crippen molar-refractivity contribution in [1.82, 2.24) is 0 Å². The molecule has 1 atom stereocenters. The third-order valence-electron chi connectivity index (χ3n) is 1.80. The summed E-state index contributed by atoms with van der Waals surface area (Å²) in [5.74, 6) is -0.385. The van der Waals surface area contributed by atoms with Crippen molar-refractivity contribution in [3.8, 4) is 0 Å². The molecular weight excluding hydrogens is 293 g/mol. The zero-order valence-corrected chi connectivity index (χ0v) is 11.7. The fraction of sp³-hybridized carbons (Fsp3) is 0.364. The lowest BCUT2D eigenvalue weighted by Gasteiger charge is -2.12. The molecule has 0 aromatic heterocycles. The number of rotatable bonds is 2. The molecule has 0 bridgehead atoms. The van der Waals surface area contributed by atoms with Gasteiger partial charge in [-0.05, 0) is 32.9 Å². The summed E-state index contributed by atoms with van der Waals surface area (Å²) in [4.78, 5) is 0. The lowest BCUT2D eigenvalue weighted by Crippen LogP contribution is -2.19. The van der Waals surface area contributed by atoms with Crippen LogP contribution in [0.3, 0.4) is 0 Å². The van der Waals surface area contributed by atoms with Gasteiger partial charge in [0.1, 0.15) is 16.8 Å². The van der Waals surface area contributed by atoms with E-state index in [0.29, 0.717) is 10.0 Å². The van der Waals surface area contributed by atoms with Gasteiger partial charge in [0.05, 0.1) is 4.75 Å². The summed E-state index contributed by atoms with van der Waals surface area (Å²) in [5, 5.41) is 0. The molecule has 16 heavy (non-hydrogen) atoms. The molecule has 0 heterocycles. The SMILES string of the molecule is CC(C)(C)[S@@](=O)/N=C/c1c(F)cccc1Br. The molecule has 0 saturated heterocycles. The van der Waals surface area contributed by atoms with Gasteiger partial charge >= 0.3 is 0 Å². The molecule has 0 unspecified atom stereocenters. The Kier molecular flexibility index (Phi) is 4.38. The third kappa shape index (κ3) is 3.49. The summed E-state index contributed by atoms with van der Waals surface area (Å²) >= 11 is 3.22. The molecule has 0 aliphatic carbocycles. The molecular formula is C11H13BrFNOS. The van der Waals surface area contributed by atoms with Crippen LogP contribution in [0.25, 0.3) is 0 Å². The molecule has 0 saturated carbocycles. The van der Waals surface area contributed by atoms with Crippen molar-refractivity contribution in [1.29, 1.82) is 0 Å². The summed E-state index contributed by atoms with van der Waals surface area (Å²) < 4.78 is 29.0. The minimum absolute atomic E-state index is 0.320. The van der Waals surface area contributed by atoms with E-state index < -0.39 is 15.7 Å². The second kappa shape index (κ2) is 5.19. The van der Waals surface area contributed by atoms with Gasteiger partial charge in [-0.15, -0.1) is 0 Å². The van der Waals surface area contributed by atoms with Crippen molar-refractivity contribution in [2.75, 3.05) is 0 Å². The molecule has 2 nitrogen and oxygen atoms in total. The minimum atomic E-state index is -1.37. The monoisotopic (exact) mass is 305 g/mol. The molecule has 0 fully saturated rings. The maximum atomic E-state index is 13.4. The minimum Gasteiger partial charge on any atom is -0.234 e. The summed E-state index contributed by atoms with van der Waals surface area (Å²) in [7, 11) is -1.37. The Bertz CT molecular complexity index is 420. The van der Waals surface area contributed by atoms with Crippen LogP contribution in [-0.4, -0.2) is 15.2 Å². The van der Waals surface area contributed by atoms with Crippen LogP contribution in [0.4, 0.5) is 4.39 Å². The van der Waals surface area contributed by atoms with Crippen LogP contribution in [-0.2, 0) is 11.0 Å². The summed E-state index contributed by atoms with van der Waals surface area (Å²) in [6, 6.07) is 4.65. The van der Waals surface area contributed by atoms with Crippen molar-refractivity contribution in [2.24, 2.45) is 4.40 Å². The highest BCUT2D eigenvalue weighted by Gasteiger charge is 2.18. The lowest BCUT2D eigenvalue weighted by molar-refractivity contribution is 0.625. The largest absolute Gasteiger partial charge is 0.234 e. The molecule has 0 aliphatic heterocycles. The average Bonchev–Trinajstić information content (AvgIpc) is 2.15. The Labute approximate surface area is 106 Å². The number of nitrogens with zero attached hydrogens (tertiary/aromatic N) is 1. The smallest absolute Gasteiger partial charge is 0.144 e. The lowest BCUT2D eigenvalue weighted by atomic mass is 10.2. The maximum Gasteiger partial charge on any atom is 0.144 e. The molecule has 88 valence electrons. The number of hydrogen-bond acceptors (Lipinski definition) is 1. The van der Waals surface area contributed by atoms with E-state index in [1.54, 1.807) is 12.1 Å². The van der Waals surface area contributed by atoms with Gasteiger partial charge in [-0.3, -0.25) is 0 Å². The molecule has 1 aromatic carbocycles. The Morgan fingerprint density at radius 1 is 1.44 bits per heavy atom. The summed E-state index contributed by atoms with van der Waals surface area (Å²) in [6.07, 6.45) is 1.31. The number of benzene rings is 1. The molecule has 0 N–H and O–H groups in total. The van der Waals surface area contributed by atoms with Crippen molar-refractivity contribution in [3.63, 3.8) is 0 Å². The fourth-order valence-electron chi connectivity index (χ4n) is 0.893. The number of hydrogen-bond donors (Lipinski definition) is 0.